The van der Waals surface area contributed by atoms with Crippen LogP contribution in [0, 0.1) is 0 Å². The molecular formula is C30H26N2O6S2. The van der Waals surface area contributed by atoms with Gasteiger partial charge in [-0.1, -0.05) is 60.7 Å². The second kappa shape index (κ2) is 13.5. The average molecular weight is 575 g/mol. The summed E-state index contributed by atoms with van der Waals surface area (Å²) in [6.07, 6.45) is 2.11. The number of carbonyl (C=O) groups is 4. The van der Waals surface area contributed by atoms with E-state index in [2.05, 4.69) is 10.6 Å². The van der Waals surface area contributed by atoms with Crippen molar-refractivity contribution in [2.45, 2.75) is 13.8 Å². The van der Waals surface area contributed by atoms with E-state index >= 15 is 0 Å². The molecule has 0 aliphatic rings. The minimum absolute atomic E-state index is 0.186. The number of hydrogen-bond donors (Lipinski definition) is 2. The number of nitrogens with one attached hydrogen (secondary N) is 2. The standard InChI is InChI=1S/C30H26N2O6S2/c1-3-37-29(35)21-17-23(19-11-7-5-8-12-19)39-27(21)31-25(33)15-16-26(34)32-28-22(30(36)38-4-2)18-24(40-28)20-13-9-6-10-14-20/h5-18H,3-4H2,1-2H3,(H,31,33)(H,32,34). The number of hydrogen-bond acceptors (Lipinski definition) is 8. The molecule has 2 heterocycles. The molecule has 0 unspecified atom stereocenters. The van der Waals surface area contributed by atoms with Crippen LogP contribution in [0.5, 0.6) is 0 Å². The van der Waals surface area contributed by atoms with Gasteiger partial charge in [-0.15, -0.1) is 22.7 Å². The fourth-order valence-corrected chi connectivity index (χ4v) is 5.75. The van der Waals surface area contributed by atoms with Gasteiger partial charge >= 0.3 is 11.9 Å². The quantitative estimate of drug-likeness (QED) is 0.162. The van der Waals surface area contributed by atoms with Crippen molar-refractivity contribution in [3.8, 4) is 20.9 Å². The average Bonchev–Trinajstić information content (AvgIpc) is 3.58. The molecule has 8 nitrogen and oxygen atoms in total. The second-order valence-corrected chi connectivity index (χ2v) is 10.3. The van der Waals surface area contributed by atoms with E-state index in [0.717, 1.165) is 33.0 Å². The molecule has 4 rings (SSSR count). The van der Waals surface area contributed by atoms with Gasteiger partial charge in [0.1, 0.15) is 10.0 Å². The predicted octanol–water partition coefficient (Wildman–Crippen LogP) is 6.63. The smallest absolute Gasteiger partial charge is 0.341 e. The van der Waals surface area contributed by atoms with E-state index in [1.165, 1.54) is 22.7 Å². The van der Waals surface area contributed by atoms with Crippen LogP contribution in [0.2, 0.25) is 0 Å². The number of benzene rings is 2. The molecular weight excluding hydrogens is 548 g/mol. The molecule has 2 amide bonds. The van der Waals surface area contributed by atoms with Gasteiger partial charge in [-0.25, -0.2) is 9.59 Å². The maximum atomic E-state index is 12.7. The third-order valence-corrected chi connectivity index (χ3v) is 7.63. The third-order valence-electron chi connectivity index (χ3n) is 5.43. The summed E-state index contributed by atoms with van der Waals surface area (Å²) in [6, 6.07) is 22.2. The largest absolute Gasteiger partial charge is 0.462 e. The number of anilines is 2. The molecule has 2 aromatic heterocycles. The summed E-state index contributed by atoms with van der Waals surface area (Å²) in [4.78, 5) is 52.0. The Morgan fingerprint density at radius 3 is 1.38 bits per heavy atom. The van der Waals surface area contributed by atoms with Crippen molar-refractivity contribution in [2.75, 3.05) is 23.8 Å². The van der Waals surface area contributed by atoms with Crippen molar-refractivity contribution in [1.82, 2.24) is 0 Å². The monoisotopic (exact) mass is 574 g/mol. The molecule has 2 N–H and O–H groups in total. The first-order chi connectivity index (χ1) is 19.4. The number of rotatable bonds is 10. The van der Waals surface area contributed by atoms with Crippen molar-refractivity contribution in [2.24, 2.45) is 0 Å². The summed E-state index contributed by atoms with van der Waals surface area (Å²) in [5.74, 6) is -2.33. The van der Waals surface area contributed by atoms with Crippen molar-refractivity contribution >= 4 is 56.4 Å². The highest BCUT2D eigenvalue weighted by atomic mass is 32.1. The lowest BCUT2D eigenvalue weighted by Crippen LogP contribution is -2.14. The van der Waals surface area contributed by atoms with E-state index in [1.807, 2.05) is 60.7 Å². The predicted molar refractivity (Wildman–Crippen MR) is 158 cm³/mol. The number of thiophene rings is 2. The highest BCUT2D eigenvalue weighted by Crippen LogP contribution is 2.37. The molecule has 0 aliphatic heterocycles. The first-order valence-corrected chi connectivity index (χ1v) is 14.1. The highest BCUT2D eigenvalue weighted by Gasteiger charge is 2.21. The van der Waals surface area contributed by atoms with Crippen LogP contribution in [0.15, 0.2) is 84.9 Å². The number of carbonyl (C=O) groups excluding carboxylic acids is 4. The molecule has 0 atom stereocenters. The first-order valence-electron chi connectivity index (χ1n) is 12.4. The fraction of sp³-hybridized carbons (Fsp3) is 0.133. The number of esters is 2. The van der Waals surface area contributed by atoms with Crippen LogP contribution < -0.4 is 10.6 Å². The molecule has 0 aliphatic carbocycles. The molecule has 2 aromatic carbocycles. The lowest BCUT2D eigenvalue weighted by Gasteiger charge is -2.05. The SMILES string of the molecule is CCOC(=O)c1cc(-c2ccccc2)sc1NC(=O)C=CC(=O)Nc1sc(-c2ccccc2)cc1C(=O)OCC. The lowest BCUT2D eigenvalue weighted by atomic mass is 10.1. The maximum absolute atomic E-state index is 12.7. The van der Waals surface area contributed by atoms with Gasteiger partial charge in [-0.05, 0) is 37.1 Å². The molecule has 10 heteroatoms. The molecule has 40 heavy (non-hydrogen) atoms. The Kier molecular flexibility index (Phi) is 9.61. The molecule has 0 saturated carbocycles. The van der Waals surface area contributed by atoms with Crippen LogP contribution in [0.25, 0.3) is 20.9 Å². The number of ether oxygens (including phenoxy) is 2. The summed E-state index contributed by atoms with van der Waals surface area (Å²) in [6.45, 7) is 3.77. The molecule has 0 saturated heterocycles. The van der Waals surface area contributed by atoms with Crippen molar-refractivity contribution in [1.29, 1.82) is 0 Å². The van der Waals surface area contributed by atoms with Crippen molar-refractivity contribution in [3.05, 3.63) is 96.1 Å². The Balaban J connectivity index is 1.50. The van der Waals surface area contributed by atoms with E-state index in [4.69, 9.17) is 9.47 Å². The van der Waals surface area contributed by atoms with Gasteiger partial charge in [0.25, 0.3) is 0 Å². The minimum atomic E-state index is -0.607. The Morgan fingerprint density at radius 1 is 0.650 bits per heavy atom. The summed E-state index contributed by atoms with van der Waals surface area (Å²) >= 11 is 2.45. The van der Waals surface area contributed by atoms with E-state index in [9.17, 15) is 19.2 Å². The fourth-order valence-electron chi connectivity index (χ4n) is 3.64. The topological polar surface area (TPSA) is 111 Å². The minimum Gasteiger partial charge on any atom is -0.462 e. The first kappa shape index (κ1) is 28.5. The molecule has 0 spiro atoms. The maximum Gasteiger partial charge on any atom is 0.341 e. The highest BCUT2D eigenvalue weighted by molar-refractivity contribution is 7.20. The van der Waals surface area contributed by atoms with Crippen LogP contribution in [0.3, 0.4) is 0 Å². The molecule has 0 bridgehead atoms. The van der Waals surface area contributed by atoms with Crippen LogP contribution in [0.4, 0.5) is 10.0 Å². The third kappa shape index (κ3) is 7.10. The van der Waals surface area contributed by atoms with Gasteiger partial charge in [0.05, 0.1) is 24.3 Å². The van der Waals surface area contributed by atoms with Crippen LogP contribution in [-0.4, -0.2) is 37.0 Å². The molecule has 0 radical (unpaired) electrons. The normalized spacial score (nSPS) is 10.8. The zero-order chi connectivity index (χ0) is 28.5. The van der Waals surface area contributed by atoms with Crippen LogP contribution in [0.1, 0.15) is 34.6 Å². The molecule has 0 fully saturated rings. The molecule has 204 valence electrons. The summed E-state index contributed by atoms with van der Waals surface area (Å²) in [7, 11) is 0. The Morgan fingerprint density at radius 2 is 1.02 bits per heavy atom. The van der Waals surface area contributed by atoms with E-state index in [0.29, 0.717) is 10.0 Å². The van der Waals surface area contributed by atoms with Crippen molar-refractivity contribution in [3.63, 3.8) is 0 Å². The summed E-state index contributed by atoms with van der Waals surface area (Å²) in [5, 5.41) is 5.96. The zero-order valence-corrected chi connectivity index (χ0v) is 23.4. The van der Waals surface area contributed by atoms with E-state index in [-0.39, 0.29) is 24.3 Å². The van der Waals surface area contributed by atoms with Crippen molar-refractivity contribution < 1.29 is 28.7 Å². The van der Waals surface area contributed by atoms with Gasteiger partial charge in [0.15, 0.2) is 0 Å². The Labute approximate surface area is 239 Å². The molecule has 4 aromatic rings. The van der Waals surface area contributed by atoms with Crippen LogP contribution in [-0.2, 0) is 19.1 Å². The Hall–Kier alpha value is -4.54. The Bertz CT molecular complexity index is 1430. The van der Waals surface area contributed by atoms with E-state index in [1.54, 1.807) is 26.0 Å². The second-order valence-electron chi connectivity index (χ2n) is 8.19. The van der Waals surface area contributed by atoms with E-state index < -0.39 is 23.8 Å². The van der Waals surface area contributed by atoms with Crippen LogP contribution >= 0.6 is 22.7 Å². The summed E-state index contributed by atoms with van der Waals surface area (Å²) < 4.78 is 10.3. The lowest BCUT2D eigenvalue weighted by molar-refractivity contribution is -0.114. The summed E-state index contributed by atoms with van der Waals surface area (Å²) in [5.41, 5.74) is 2.22. The van der Waals surface area contributed by atoms with Gasteiger partial charge < -0.3 is 20.1 Å². The zero-order valence-electron chi connectivity index (χ0n) is 21.8. The van der Waals surface area contributed by atoms with Gasteiger partial charge in [0, 0.05) is 21.9 Å². The van der Waals surface area contributed by atoms with Gasteiger partial charge in [-0.2, -0.15) is 0 Å². The van der Waals surface area contributed by atoms with Gasteiger partial charge in [0.2, 0.25) is 11.8 Å². The van der Waals surface area contributed by atoms with Gasteiger partial charge in [-0.3, -0.25) is 9.59 Å². The number of amides is 2.